The number of benzene rings is 1. The molecule has 1 aromatic carbocycles. The summed E-state index contributed by atoms with van der Waals surface area (Å²) in [5, 5.41) is 0.640. The van der Waals surface area contributed by atoms with Gasteiger partial charge < -0.3 is 4.74 Å². The van der Waals surface area contributed by atoms with Gasteiger partial charge in [-0.2, -0.15) is 0 Å². The molecule has 0 aromatic heterocycles. The van der Waals surface area contributed by atoms with E-state index >= 15 is 0 Å². The van der Waals surface area contributed by atoms with Crippen LogP contribution in [0.1, 0.15) is 5.56 Å². The third-order valence-electron chi connectivity index (χ3n) is 1.32. The molecule has 1 rings (SSSR count). The van der Waals surface area contributed by atoms with E-state index in [2.05, 4.69) is 15.9 Å². The second kappa shape index (κ2) is 3.72. The topological polar surface area (TPSA) is 9.23 Å². The van der Waals surface area contributed by atoms with Crippen LogP contribution >= 0.6 is 15.9 Å². The number of hydrogen-bond donors (Lipinski definition) is 0. The van der Waals surface area contributed by atoms with Crippen molar-refractivity contribution in [2.75, 3.05) is 7.11 Å². The summed E-state index contributed by atoms with van der Waals surface area (Å²) < 4.78 is 17.6. The normalized spacial score (nSPS) is 9.73. The van der Waals surface area contributed by atoms with Gasteiger partial charge in [0.05, 0.1) is 7.11 Å². The molecule has 1 aromatic rings. The second-order valence-electron chi connectivity index (χ2n) is 2.13. The van der Waals surface area contributed by atoms with E-state index in [-0.39, 0.29) is 5.82 Å². The third-order valence-corrected chi connectivity index (χ3v) is 1.97. The van der Waals surface area contributed by atoms with Gasteiger partial charge in [0.25, 0.3) is 0 Å². The quantitative estimate of drug-likeness (QED) is 0.695. The Morgan fingerprint density at radius 3 is 2.73 bits per heavy atom. The average molecular weight is 219 g/mol. The Hall–Kier alpha value is -0.570. The van der Waals surface area contributed by atoms with Crippen LogP contribution in [0.3, 0.4) is 0 Å². The maximum absolute atomic E-state index is 12.7. The molecule has 0 heterocycles. The van der Waals surface area contributed by atoms with Crippen LogP contribution in [-0.4, -0.2) is 7.11 Å². The standard InChI is InChI=1S/C8H8BrFO/c1-11-8-3-6(5-9)2-7(10)4-8/h2-4H,5H2,1H3. The molecule has 0 saturated heterocycles. The zero-order chi connectivity index (χ0) is 8.27. The van der Waals surface area contributed by atoms with Gasteiger partial charge in [0, 0.05) is 11.4 Å². The average Bonchev–Trinajstić information content (AvgIpc) is 2.03. The lowest BCUT2D eigenvalue weighted by Gasteiger charge is -2.01. The predicted molar refractivity (Wildman–Crippen MR) is 45.6 cm³/mol. The van der Waals surface area contributed by atoms with Crippen molar-refractivity contribution in [3.8, 4) is 5.75 Å². The fourth-order valence-electron chi connectivity index (χ4n) is 0.816. The summed E-state index contributed by atoms with van der Waals surface area (Å²) in [6, 6.07) is 4.61. The van der Waals surface area contributed by atoms with E-state index in [0.29, 0.717) is 11.1 Å². The molecule has 0 saturated carbocycles. The van der Waals surface area contributed by atoms with Crippen molar-refractivity contribution < 1.29 is 9.13 Å². The lowest BCUT2D eigenvalue weighted by atomic mass is 10.2. The first-order valence-electron chi connectivity index (χ1n) is 3.15. The van der Waals surface area contributed by atoms with Crippen molar-refractivity contribution in [2.24, 2.45) is 0 Å². The number of hydrogen-bond acceptors (Lipinski definition) is 1. The molecular weight excluding hydrogens is 211 g/mol. The van der Waals surface area contributed by atoms with Crippen LogP contribution in [0.25, 0.3) is 0 Å². The summed E-state index contributed by atoms with van der Waals surface area (Å²) in [7, 11) is 1.52. The third kappa shape index (κ3) is 2.19. The molecule has 0 aliphatic rings. The zero-order valence-electron chi connectivity index (χ0n) is 6.10. The van der Waals surface area contributed by atoms with Gasteiger partial charge in [0.1, 0.15) is 11.6 Å². The number of ether oxygens (including phenoxy) is 1. The molecule has 0 radical (unpaired) electrons. The smallest absolute Gasteiger partial charge is 0.127 e. The lowest BCUT2D eigenvalue weighted by Crippen LogP contribution is -1.87. The second-order valence-corrected chi connectivity index (χ2v) is 2.69. The predicted octanol–water partition coefficient (Wildman–Crippen LogP) is 2.73. The molecule has 0 amide bonds. The number of halogens is 2. The molecule has 0 N–H and O–H groups in total. The van der Waals surface area contributed by atoms with E-state index in [1.807, 2.05) is 0 Å². The van der Waals surface area contributed by atoms with Crippen molar-refractivity contribution >= 4 is 15.9 Å². The summed E-state index contributed by atoms with van der Waals surface area (Å²) >= 11 is 3.23. The molecular formula is C8H8BrFO. The first-order chi connectivity index (χ1) is 5.26. The molecule has 3 heteroatoms. The van der Waals surface area contributed by atoms with Crippen LogP contribution in [0.4, 0.5) is 4.39 Å². The minimum absolute atomic E-state index is 0.265. The van der Waals surface area contributed by atoms with Crippen molar-refractivity contribution in [2.45, 2.75) is 5.33 Å². The Labute approximate surface area is 73.3 Å². The minimum Gasteiger partial charge on any atom is -0.497 e. The van der Waals surface area contributed by atoms with Gasteiger partial charge in [0.15, 0.2) is 0 Å². The summed E-state index contributed by atoms with van der Waals surface area (Å²) in [6.45, 7) is 0. The van der Waals surface area contributed by atoms with Crippen LogP contribution in [0.2, 0.25) is 0 Å². The molecule has 60 valence electrons. The lowest BCUT2D eigenvalue weighted by molar-refractivity contribution is 0.411. The molecule has 1 nitrogen and oxygen atoms in total. The van der Waals surface area contributed by atoms with Gasteiger partial charge in [-0.15, -0.1) is 0 Å². The zero-order valence-corrected chi connectivity index (χ0v) is 7.69. The first-order valence-corrected chi connectivity index (χ1v) is 4.28. The van der Waals surface area contributed by atoms with Gasteiger partial charge in [-0.3, -0.25) is 0 Å². The van der Waals surface area contributed by atoms with Gasteiger partial charge in [-0.25, -0.2) is 4.39 Å². The SMILES string of the molecule is COc1cc(F)cc(CBr)c1. The number of alkyl halides is 1. The van der Waals surface area contributed by atoms with E-state index in [0.717, 1.165) is 5.56 Å². The molecule has 0 aliphatic heterocycles. The van der Waals surface area contributed by atoms with E-state index < -0.39 is 0 Å². The number of methoxy groups -OCH3 is 1. The van der Waals surface area contributed by atoms with Gasteiger partial charge in [0.2, 0.25) is 0 Å². The van der Waals surface area contributed by atoms with Crippen molar-refractivity contribution in [3.05, 3.63) is 29.6 Å². The Kier molecular flexibility index (Phi) is 2.88. The fraction of sp³-hybridized carbons (Fsp3) is 0.250. The highest BCUT2D eigenvalue weighted by atomic mass is 79.9. The number of rotatable bonds is 2. The highest BCUT2D eigenvalue weighted by molar-refractivity contribution is 9.08. The Balaban J connectivity index is 3.02. The highest BCUT2D eigenvalue weighted by Gasteiger charge is 1.98. The molecule has 0 unspecified atom stereocenters. The molecule has 0 spiro atoms. The van der Waals surface area contributed by atoms with E-state index in [9.17, 15) is 4.39 Å². The molecule has 0 atom stereocenters. The molecule has 11 heavy (non-hydrogen) atoms. The van der Waals surface area contributed by atoms with Crippen LogP contribution < -0.4 is 4.74 Å². The Bertz CT molecular complexity index is 228. The molecule has 0 fully saturated rings. The summed E-state index contributed by atoms with van der Waals surface area (Å²) in [5.74, 6) is 0.290. The van der Waals surface area contributed by atoms with Crippen LogP contribution in [0.15, 0.2) is 18.2 Å². The van der Waals surface area contributed by atoms with E-state index in [1.54, 1.807) is 6.07 Å². The minimum atomic E-state index is -0.265. The Morgan fingerprint density at radius 1 is 1.45 bits per heavy atom. The van der Waals surface area contributed by atoms with Gasteiger partial charge in [-0.05, 0) is 17.7 Å². The monoisotopic (exact) mass is 218 g/mol. The molecule has 0 bridgehead atoms. The van der Waals surface area contributed by atoms with Crippen LogP contribution in [-0.2, 0) is 5.33 Å². The maximum Gasteiger partial charge on any atom is 0.127 e. The molecule has 0 aliphatic carbocycles. The van der Waals surface area contributed by atoms with E-state index in [1.165, 1.54) is 19.2 Å². The summed E-state index contributed by atoms with van der Waals surface area (Å²) in [6.07, 6.45) is 0. The van der Waals surface area contributed by atoms with Crippen LogP contribution in [0.5, 0.6) is 5.75 Å². The van der Waals surface area contributed by atoms with Crippen molar-refractivity contribution in [1.82, 2.24) is 0 Å². The Morgan fingerprint density at radius 2 is 2.18 bits per heavy atom. The maximum atomic E-state index is 12.7. The van der Waals surface area contributed by atoms with Crippen molar-refractivity contribution in [3.63, 3.8) is 0 Å². The first kappa shape index (κ1) is 8.53. The van der Waals surface area contributed by atoms with Crippen molar-refractivity contribution in [1.29, 1.82) is 0 Å². The largest absolute Gasteiger partial charge is 0.497 e. The van der Waals surface area contributed by atoms with E-state index in [4.69, 9.17) is 4.74 Å². The highest BCUT2D eigenvalue weighted by Crippen LogP contribution is 2.17. The summed E-state index contributed by atoms with van der Waals surface area (Å²) in [5.41, 5.74) is 0.877. The van der Waals surface area contributed by atoms with Crippen LogP contribution in [0, 0.1) is 5.82 Å². The summed E-state index contributed by atoms with van der Waals surface area (Å²) in [4.78, 5) is 0. The fourth-order valence-corrected chi connectivity index (χ4v) is 1.14. The van der Waals surface area contributed by atoms with Gasteiger partial charge in [-0.1, -0.05) is 15.9 Å². The van der Waals surface area contributed by atoms with Gasteiger partial charge >= 0.3 is 0 Å².